The first-order chi connectivity index (χ1) is 8.40. The first kappa shape index (κ1) is 12.9. The number of benzene rings is 1. The minimum Gasteiger partial charge on any atom is -0.480 e. The van der Waals surface area contributed by atoms with Crippen LogP contribution in [-0.2, 0) is 4.79 Å². The van der Waals surface area contributed by atoms with Gasteiger partial charge in [-0.2, -0.15) is 0 Å². The lowest BCUT2D eigenvalue weighted by Gasteiger charge is -2.19. The quantitative estimate of drug-likeness (QED) is 0.859. The molecule has 4 heteroatoms. The molecule has 0 radical (unpaired) electrons. The first-order valence-electron chi connectivity index (χ1n) is 5.69. The zero-order chi connectivity index (χ0) is 13.3. The summed E-state index contributed by atoms with van der Waals surface area (Å²) >= 11 is 1.36. The Kier molecular flexibility index (Phi) is 3.30. The van der Waals surface area contributed by atoms with Gasteiger partial charge in [0.05, 0.1) is 5.52 Å². The van der Waals surface area contributed by atoms with Crippen molar-refractivity contribution in [3.8, 4) is 0 Å². The molecule has 2 aromatic rings. The SMILES string of the molecule is Cc1cc(SC(C)(C)C(=O)O)c2ccccc2n1. The van der Waals surface area contributed by atoms with Gasteiger partial charge in [-0.25, -0.2) is 0 Å². The highest BCUT2D eigenvalue weighted by atomic mass is 32.2. The summed E-state index contributed by atoms with van der Waals surface area (Å²) < 4.78 is -0.851. The molecule has 0 aliphatic rings. The summed E-state index contributed by atoms with van der Waals surface area (Å²) in [6, 6.07) is 9.74. The van der Waals surface area contributed by atoms with Crippen LogP contribution in [0.4, 0.5) is 0 Å². The van der Waals surface area contributed by atoms with Gasteiger partial charge in [0, 0.05) is 16.0 Å². The Bertz CT molecular complexity index is 608. The molecule has 0 amide bonds. The van der Waals surface area contributed by atoms with Gasteiger partial charge < -0.3 is 5.11 Å². The number of carboxylic acids is 1. The van der Waals surface area contributed by atoms with E-state index < -0.39 is 10.7 Å². The number of fused-ring (bicyclic) bond motifs is 1. The number of pyridine rings is 1. The molecule has 18 heavy (non-hydrogen) atoms. The van der Waals surface area contributed by atoms with E-state index in [9.17, 15) is 9.90 Å². The molecule has 1 heterocycles. The van der Waals surface area contributed by atoms with Gasteiger partial charge >= 0.3 is 5.97 Å². The van der Waals surface area contributed by atoms with Crippen LogP contribution in [0.25, 0.3) is 10.9 Å². The predicted octanol–water partition coefficient (Wildman–Crippen LogP) is 3.50. The van der Waals surface area contributed by atoms with E-state index in [1.807, 2.05) is 37.3 Å². The van der Waals surface area contributed by atoms with Crippen molar-refractivity contribution in [1.29, 1.82) is 0 Å². The van der Waals surface area contributed by atoms with Crippen molar-refractivity contribution in [3.05, 3.63) is 36.0 Å². The van der Waals surface area contributed by atoms with Gasteiger partial charge in [0.25, 0.3) is 0 Å². The third-order valence-electron chi connectivity index (χ3n) is 2.69. The Labute approximate surface area is 110 Å². The number of carbonyl (C=O) groups is 1. The molecule has 0 atom stereocenters. The summed E-state index contributed by atoms with van der Waals surface area (Å²) in [5, 5.41) is 10.2. The standard InChI is InChI=1S/C14H15NO2S/c1-9-8-12(18-14(2,3)13(16)17)10-6-4-5-7-11(10)15-9/h4-8H,1-3H3,(H,16,17). The fraction of sp³-hybridized carbons (Fsp3) is 0.286. The molecule has 0 bridgehead atoms. The second-order valence-corrected chi connectivity index (χ2v) is 6.36. The molecule has 3 nitrogen and oxygen atoms in total. The molecule has 0 fully saturated rings. The molecule has 0 aliphatic heterocycles. The maximum absolute atomic E-state index is 11.2. The highest BCUT2D eigenvalue weighted by Crippen LogP contribution is 2.36. The van der Waals surface area contributed by atoms with Crippen molar-refractivity contribution in [2.75, 3.05) is 0 Å². The molecule has 0 spiro atoms. The molecule has 94 valence electrons. The minimum atomic E-state index is -0.851. The molecule has 2 rings (SSSR count). The predicted molar refractivity (Wildman–Crippen MR) is 74.1 cm³/mol. The lowest BCUT2D eigenvalue weighted by molar-refractivity contribution is -0.138. The van der Waals surface area contributed by atoms with Gasteiger partial charge in [-0.05, 0) is 32.9 Å². The van der Waals surface area contributed by atoms with Crippen LogP contribution >= 0.6 is 11.8 Å². The number of para-hydroxylation sites is 1. The van der Waals surface area contributed by atoms with Crippen molar-refractivity contribution in [2.24, 2.45) is 0 Å². The Balaban J connectivity index is 2.54. The minimum absolute atomic E-state index is 0.814. The van der Waals surface area contributed by atoms with Crippen molar-refractivity contribution in [1.82, 2.24) is 4.98 Å². The van der Waals surface area contributed by atoms with Gasteiger partial charge in [-0.15, -0.1) is 11.8 Å². The molecule has 0 aliphatic carbocycles. The van der Waals surface area contributed by atoms with E-state index >= 15 is 0 Å². The number of carboxylic acid groups (broad SMARTS) is 1. The summed E-state index contributed by atoms with van der Waals surface area (Å²) in [5.74, 6) is -0.814. The van der Waals surface area contributed by atoms with Gasteiger partial charge in [-0.1, -0.05) is 18.2 Å². The monoisotopic (exact) mass is 261 g/mol. The molecular weight excluding hydrogens is 246 g/mol. The second-order valence-electron chi connectivity index (χ2n) is 4.70. The molecule has 0 saturated carbocycles. The number of hydrogen-bond acceptors (Lipinski definition) is 3. The Hall–Kier alpha value is -1.55. The largest absolute Gasteiger partial charge is 0.480 e. The third-order valence-corrected chi connectivity index (χ3v) is 3.93. The highest BCUT2D eigenvalue weighted by molar-refractivity contribution is 8.01. The lowest BCUT2D eigenvalue weighted by atomic mass is 10.2. The molecule has 1 aromatic carbocycles. The zero-order valence-electron chi connectivity index (χ0n) is 10.6. The molecule has 1 N–H and O–H groups in total. The van der Waals surface area contributed by atoms with Gasteiger partial charge in [0.1, 0.15) is 4.75 Å². The lowest BCUT2D eigenvalue weighted by Crippen LogP contribution is -2.26. The van der Waals surface area contributed by atoms with Crippen molar-refractivity contribution in [3.63, 3.8) is 0 Å². The Morgan fingerprint density at radius 3 is 2.67 bits per heavy atom. The summed E-state index contributed by atoms with van der Waals surface area (Å²) in [7, 11) is 0. The highest BCUT2D eigenvalue weighted by Gasteiger charge is 2.29. The zero-order valence-corrected chi connectivity index (χ0v) is 11.4. The normalized spacial score (nSPS) is 11.7. The van der Waals surface area contributed by atoms with Crippen LogP contribution in [0.5, 0.6) is 0 Å². The van der Waals surface area contributed by atoms with E-state index in [2.05, 4.69) is 4.98 Å². The second kappa shape index (κ2) is 4.61. The fourth-order valence-electron chi connectivity index (χ4n) is 1.67. The number of thioether (sulfide) groups is 1. The van der Waals surface area contributed by atoms with E-state index in [0.29, 0.717) is 0 Å². The van der Waals surface area contributed by atoms with Gasteiger partial charge in [0.2, 0.25) is 0 Å². The van der Waals surface area contributed by atoms with E-state index in [1.165, 1.54) is 11.8 Å². The van der Waals surface area contributed by atoms with E-state index in [4.69, 9.17) is 0 Å². The van der Waals surface area contributed by atoms with E-state index in [0.717, 1.165) is 21.5 Å². The van der Waals surface area contributed by atoms with E-state index in [-0.39, 0.29) is 0 Å². The van der Waals surface area contributed by atoms with Gasteiger partial charge in [-0.3, -0.25) is 9.78 Å². The van der Waals surface area contributed by atoms with Crippen LogP contribution in [0.2, 0.25) is 0 Å². The summed E-state index contributed by atoms with van der Waals surface area (Å²) in [6.45, 7) is 5.35. The smallest absolute Gasteiger partial charge is 0.319 e. The Morgan fingerprint density at radius 2 is 2.00 bits per heavy atom. The number of aryl methyl sites for hydroxylation is 1. The van der Waals surface area contributed by atoms with Crippen LogP contribution in [0.15, 0.2) is 35.2 Å². The van der Waals surface area contributed by atoms with Crippen LogP contribution in [0.1, 0.15) is 19.5 Å². The molecule has 0 unspecified atom stereocenters. The summed E-state index contributed by atoms with van der Waals surface area (Å²) in [6.07, 6.45) is 0. The van der Waals surface area contributed by atoms with Crippen LogP contribution in [-0.4, -0.2) is 20.8 Å². The number of aromatic nitrogens is 1. The van der Waals surface area contributed by atoms with Crippen molar-refractivity contribution < 1.29 is 9.90 Å². The molecule has 1 aromatic heterocycles. The number of hydrogen-bond donors (Lipinski definition) is 1. The topological polar surface area (TPSA) is 50.2 Å². The van der Waals surface area contributed by atoms with Crippen molar-refractivity contribution in [2.45, 2.75) is 30.4 Å². The van der Waals surface area contributed by atoms with Crippen molar-refractivity contribution >= 4 is 28.6 Å². The number of nitrogens with zero attached hydrogens (tertiary/aromatic N) is 1. The maximum atomic E-state index is 11.2. The summed E-state index contributed by atoms with van der Waals surface area (Å²) in [5.41, 5.74) is 1.80. The number of rotatable bonds is 3. The fourth-order valence-corrected chi connectivity index (χ4v) is 2.82. The molecule has 0 saturated heterocycles. The average Bonchev–Trinajstić information content (AvgIpc) is 2.28. The number of aliphatic carboxylic acids is 1. The van der Waals surface area contributed by atoms with Gasteiger partial charge in [0.15, 0.2) is 0 Å². The average molecular weight is 261 g/mol. The Morgan fingerprint density at radius 1 is 1.33 bits per heavy atom. The van der Waals surface area contributed by atoms with Crippen LogP contribution in [0.3, 0.4) is 0 Å². The third kappa shape index (κ3) is 2.48. The maximum Gasteiger partial charge on any atom is 0.319 e. The molecular formula is C14H15NO2S. The first-order valence-corrected chi connectivity index (χ1v) is 6.50. The van der Waals surface area contributed by atoms with E-state index in [1.54, 1.807) is 13.8 Å². The van der Waals surface area contributed by atoms with Crippen LogP contribution < -0.4 is 0 Å². The summed E-state index contributed by atoms with van der Waals surface area (Å²) in [4.78, 5) is 16.6. The van der Waals surface area contributed by atoms with Crippen LogP contribution in [0, 0.1) is 6.92 Å².